The number of hydrogen-bond acceptors (Lipinski definition) is 3. The maximum Gasteiger partial charge on any atom is 0.258 e. The number of rotatable bonds is 6. The molecular formula is C19H18ClFN2O3. The molecule has 0 aliphatic carbocycles. The summed E-state index contributed by atoms with van der Waals surface area (Å²) in [5.41, 5.74) is 0.841. The lowest BCUT2D eigenvalue weighted by Gasteiger charge is -2.17. The number of likely N-dealkylation sites (tertiary alicyclic amines) is 1. The molecule has 0 bridgehead atoms. The number of carbonyl (C=O) groups excluding carboxylic acids is 2. The van der Waals surface area contributed by atoms with E-state index in [2.05, 4.69) is 5.32 Å². The summed E-state index contributed by atoms with van der Waals surface area (Å²) in [6.45, 7) is 0.627. The molecule has 2 aromatic rings. The highest BCUT2D eigenvalue weighted by Gasteiger charge is 2.30. The van der Waals surface area contributed by atoms with Gasteiger partial charge in [0.15, 0.2) is 6.61 Å². The molecule has 5 nitrogen and oxygen atoms in total. The molecule has 1 fully saturated rings. The van der Waals surface area contributed by atoms with Crippen molar-refractivity contribution in [1.29, 1.82) is 0 Å². The third kappa shape index (κ3) is 4.73. The van der Waals surface area contributed by atoms with Crippen molar-refractivity contribution in [3.05, 3.63) is 64.9 Å². The van der Waals surface area contributed by atoms with Crippen molar-refractivity contribution >= 4 is 23.4 Å². The van der Waals surface area contributed by atoms with Crippen molar-refractivity contribution in [2.75, 3.05) is 13.2 Å². The van der Waals surface area contributed by atoms with Crippen molar-refractivity contribution in [2.24, 2.45) is 0 Å². The fraction of sp³-hybridized carbons (Fsp3) is 0.263. The largest absolute Gasteiger partial charge is 0.482 e. The number of amides is 2. The first-order valence-corrected chi connectivity index (χ1v) is 8.58. The van der Waals surface area contributed by atoms with E-state index in [4.69, 9.17) is 16.3 Å². The first kappa shape index (κ1) is 18.2. The van der Waals surface area contributed by atoms with E-state index in [1.54, 1.807) is 41.3 Å². The van der Waals surface area contributed by atoms with Gasteiger partial charge in [-0.15, -0.1) is 0 Å². The van der Waals surface area contributed by atoms with Gasteiger partial charge in [0.1, 0.15) is 11.6 Å². The summed E-state index contributed by atoms with van der Waals surface area (Å²) in [5.74, 6) is -0.243. The van der Waals surface area contributed by atoms with Crippen molar-refractivity contribution in [1.82, 2.24) is 10.2 Å². The van der Waals surface area contributed by atoms with Crippen LogP contribution in [0, 0.1) is 5.82 Å². The van der Waals surface area contributed by atoms with E-state index in [-0.39, 0.29) is 36.7 Å². The van der Waals surface area contributed by atoms with Crippen LogP contribution in [-0.4, -0.2) is 35.9 Å². The Morgan fingerprint density at radius 3 is 2.69 bits per heavy atom. The van der Waals surface area contributed by atoms with Crippen molar-refractivity contribution in [3.63, 3.8) is 0 Å². The molecule has 0 saturated carbocycles. The molecule has 26 heavy (non-hydrogen) atoms. The number of nitrogens with one attached hydrogen (secondary N) is 1. The van der Waals surface area contributed by atoms with Gasteiger partial charge in [-0.05, 0) is 29.8 Å². The van der Waals surface area contributed by atoms with Crippen LogP contribution in [-0.2, 0) is 16.1 Å². The Labute approximate surface area is 155 Å². The zero-order valence-electron chi connectivity index (χ0n) is 14.0. The second kappa shape index (κ2) is 8.19. The lowest BCUT2D eigenvalue weighted by atomic mass is 10.2. The summed E-state index contributed by atoms with van der Waals surface area (Å²) < 4.78 is 18.3. The lowest BCUT2D eigenvalue weighted by molar-refractivity contribution is -0.128. The number of carbonyl (C=O) groups is 2. The number of nitrogens with zero attached hydrogens (tertiary/aromatic N) is 1. The molecule has 1 aliphatic rings. The minimum absolute atomic E-state index is 0.0494. The van der Waals surface area contributed by atoms with Crippen molar-refractivity contribution in [2.45, 2.75) is 19.0 Å². The molecule has 1 heterocycles. The van der Waals surface area contributed by atoms with Gasteiger partial charge < -0.3 is 15.0 Å². The molecule has 3 rings (SSSR count). The zero-order valence-corrected chi connectivity index (χ0v) is 14.7. The maximum atomic E-state index is 13.0. The average molecular weight is 377 g/mol. The van der Waals surface area contributed by atoms with Crippen LogP contribution in [0.3, 0.4) is 0 Å². The molecule has 0 spiro atoms. The first-order chi connectivity index (χ1) is 12.5. The SMILES string of the molecule is O=C(COc1ccccc1Cl)NC1CC(=O)N(Cc2ccc(F)cc2)C1. The van der Waals surface area contributed by atoms with Gasteiger partial charge in [0.25, 0.3) is 5.91 Å². The van der Waals surface area contributed by atoms with Crippen LogP contribution in [0.2, 0.25) is 5.02 Å². The topological polar surface area (TPSA) is 58.6 Å². The molecule has 0 radical (unpaired) electrons. The van der Waals surface area contributed by atoms with Gasteiger partial charge in [0, 0.05) is 19.5 Å². The Hall–Kier alpha value is -2.60. The van der Waals surface area contributed by atoms with Crippen LogP contribution in [0.25, 0.3) is 0 Å². The standard InChI is InChI=1S/C19H18ClFN2O3/c20-16-3-1-2-4-17(16)26-12-18(24)22-15-9-19(25)23(11-15)10-13-5-7-14(21)8-6-13/h1-8,15H,9-12H2,(H,22,24). The van der Waals surface area contributed by atoms with Gasteiger partial charge in [0.05, 0.1) is 11.1 Å². The minimum atomic E-state index is -0.315. The Kier molecular flexibility index (Phi) is 5.73. The number of halogens is 2. The van der Waals surface area contributed by atoms with Crippen LogP contribution in [0.1, 0.15) is 12.0 Å². The second-order valence-electron chi connectivity index (χ2n) is 6.09. The van der Waals surface area contributed by atoms with E-state index in [1.165, 1.54) is 12.1 Å². The summed E-state index contributed by atoms with van der Waals surface area (Å²) >= 11 is 5.97. The van der Waals surface area contributed by atoms with Crippen molar-refractivity contribution < 1.29 is 18.7 Å². The molecule has 2 amide bonds. The van der Waals surface area contributed by atoms with Crippen LogP contribution in [0.5, 0.6) is 5.75 Å². The third-order valence-corrected chi connectivity index (χ3v) is 4.37. The Balaban J connectivity index is 1.48. The normalized spacial score (nSPS) is 16.6. The fourth-order valence-electron chi connectivity index (χ4n) is 2.81. The molecule has 1 atom stereocenters. The molecule has 1 unspecified atom stereocenters. The summed E-state index contributed by atoms with van der Waals surface area (Å²) in [6, 6.07) is 12.6. The van der Waals surface area contributed by atoms with Gasteiger partial charge in [-0.25, -0.2) is 4.39 Å². The second-order valence-corrected chi connectivity index (χ2v) is 6.50. The molecule has 1 saturated heterocycles. The highest BCUT2D eigenvalue weighted by molar-refractivity contribution is 6.32. The molecule has 1 aliphatic heterocycles. The predicted molar refractivity (Wildman–Crippen MR) is 95.3 cm³/mol. The van der Waals surface area contributed by atoms with E-state index in [0.717, 1.165) is 5.56 Å². The molecule has 1 N–H and O–H groups in total. The van der Waals surface area contributed by atoms with Gasteiger partial charge >= 0.3 is 0 Å². The third-order valence-electron chi connectivity index (χ3n) is 4.06. The minimum Gasteiger partial charge on any atom is -0.482 e. The average Bonchev–Trinajstić information content (AvgIpc) is 2.95. The van der Waals surface area contributed by atoms with Crippen LogP contribution in [0.4, 0.5) is 4.39 Å². The molecule has 7 heteroatoms. The summed E-state index contributed by atoms with van der Waals surface area (Å²) in [6.07, 6.45) is 0.235. The Morgan fingerprint density at radius 2 is 1.96 bits per heavy atom. The number of benzene rings is 2. The predicted octanol–water partition coefficient (Wildman–Crippen LogP) is 2.78. The molecule has 2 aromatic carbocycles. The van der Waals surface area contributed by atoms with E-state index in [0.29, 0.717) is 23.9 Å². The fourth-order valence-corrected chi connectivity index (χ4v) is 3.00. The van der Waals surface area contributed by atoms with E-state index >= 15 is 0 Å². The zero-order chi connectivity index (χ0) is 18.5. The molecule has 136 valence electrons. The number of hydrogen-bond donors (Lipinski definition) is 1. The van der Waals surface area contributed by atoms with Crippen LogP contribution >= 0.6 is 11.6 Å². The van der Waals surface area contributed by atoms with Crippen LogP contribution in [0.15, 0.2) is 48.5 Å². The van der Waals surface area contributed by atoms with E-state index in [9.17, 15) is 14.0 Å². The van der Waals surface area contributed by atoms with Gasteiger partial charge in [0.2, 0.25) is 5.91 Å². The van der Waals surface area contributed by atoms with Crippen molar-refractivity contribution in [3.8, 4) is 5.75 Å². The van der Waals surface area contributed by atoms with Gasteiger partial charge in [-0.2, -0.15) is 0 Å². The van der Waals surface area contributed by atoms with E-state index in [1.807, 2.05) is 0 Å². The van der Waals surface area contributed by atoms with E-state index < -0.39 is 0 Å². The summed E-state index contributed by atoms with van der Waals surface area (Å²) in [7, 11) is 0. The van der Waals surface area contributed by atoms with Gasteiger partial charge in [-0.1, -0.05) is 35.9 Å². The highest BCUT2D eigenvalue weighted by atomic mass is 35.5. The van der Waals surface area contributed by atoms with Crippen LogP contribution < -0.4 is 10.1 Å². The maximum absolute atomic E-state index is 13.0. The number of para-hydroxylation sites is 1. The highest BCUT2D eigenvalue weighted by Crippen LogP contribution is 2.23. The first-order valence-electron chi connectivity index (χ1n) is 8.20. The Bertz CT molecular complexity index is 798. The smallest absolute Gasteiger partial charge is 0.258 e. The summed E-state index contributed by atoms with van der Waals surface area (Å²) in [5, 5.41) is 3.23. The lowest BCUT2D eigenvalue weighted by Crippen LogP contribution is -2.39. The summed E-state index contributed by atoms with van der Waals surface area (Å²) in [4.78, 5) is 25.8. The Morgan fingerprint density at radius 1 is 1.23 bits per heavy atom. The number of ether oxygens (including phenoxy) is 1. The van der Waals surface area contributed by atoms with Gasteiger partial charge in [-0.3, -0.25) is 9.59 Å². The monoisotopic (exact) mass is 376 g/mol. The molecular weight excluding hydrogens is 359 g/mol. The quantitative estimate of drug-likeness (QED) is 0.843. The molecule has 0 aromatic heterocycles.